The van der Waals surface area contributed by atoms with Crippen molar-refractivity contribution in [3.05, 3.63) is 0 Å². The number of carbonyl (C=O) groups is 1. The number of hydrogen-bond acceptors (Lipinski definition) is 2. The summed E-state index contributed by atoms with van der Waals surface area (Å²) in [4.78, 5) is 11.1. The van der Waals surface area contributed by atoms with Gasteiger partial charge in [0.15, 0.2) is 0 Å². The van der Waals surface area contributed by atoms with Crippen LogP contribution in [0.1, 0.15) is 26.2 Å². The minimum absolute atomic E-state index is 0.168. The van der Waals surface area contributed by atoms with Gasteiger partial charge >= 0.3 is 0 Å². The molecule has 2 nitrogen and oxygen atoms in total. The van der Waals surface area contributed by atoms with E-state index in [1.807, 2.05) is 0 Å². The van der Waals surface area contributed by atoms with Gasteiger partial charge in [0.1, 0.15) is 5.78 Å². The van der Waals surface area contributed by atoms with E-state index < -0.39 is 0 Å². The number of rotatable bonds is 1. The highest BCUT2D eigenvalue weighted by Gasteiger charge is 2.71. The first-order chi connectivity index (χ1) is 5.27. The summed E-state index contributed by atoms with van der Waals surface area (Å²) in [7, 11) is 0. The summed E-state index contributed by atoms with van der Waals surface area (Å²) in [5.74, 6) is 1.46. The summed E-state index contributed by atoms with van der Waals surface area (Å²) < 4.78 is 5.57. The Hall–Kier alpha value is -0.370. The Bertz CT molecular complexity index is 236. The summed E-state index contributed by atoms with van der Waals surface area (Å²) >= 11 is 0. The molecule has 2 heteroatoms. The lowest BCUT2D eigenvalue weighted by Gasteiger charge is -2.30. The summed E-state index contributed by atoms with van der Waals surface area (Å²) in [6.45, 7) is 2.16. The molecule has 0 spiro atoms. The van der Waals surface area contributed by atoms with Gasteiger partial charge in [-0.05, 0) is 18.8 Å². The minimum Gasteiger partial charge on any atom is -0.365 e. The van der Waals surface area contributed by atoms with Crippen LogP contribution in [0.15, 0.2) is 0 Å². The molecule has 0 radical (unpaired) electrons. The highest BCUT2D eigenvalue weighted by atomic mass is 16.6. The highest BCUT2D eigenvalue weighted by molar-refractivity contribution is 5.89. The zero-order valence-corrected chi connectivity index (χ0v) is 6.67. The van der Waals surface area contributed by atoms with E-state index >= 15 is 0 Å². The molecular formula is C9H12O2. The van der Waals surface area contributed by atoms with Crippen molar-refractivity contribution in [1.82, 2.24) is 0 Å². The van der Waals surface area contributed by atoms with Crippen LogP contribution in [0.25, 0.3) is 0 Å². The van der Waals surface area contributed by atoms with Crippen LogP contribution in [0.5, 0.6) is 0 Å². The molecule has 0 aromatic heterocycles. The SMILES string of the molecule is CCC12C[C@@H]3CC(=O)[C@@H]3C1O2. The summed E-state index contributed by atoms with van der Waals surface area (Å²) in [6, 6.07) is 0. The van der Waals surface area contributed by atoms with Crippen LogP contribution in [0.4, 0.5) is 0 Å². The van der Waals surface area contributed by atoms with Gasteiger partial charge in [0.2, 0.25) is 0 Å². The van der Waals surface area contributed by atoms with Gasteiger partial charge in [0, 0.05) is 6.42 Å². The summed E-state index contributed by atoms with van der Waals surface area (Å²) in [5, 5.41) is 0. The first-order valence-corrected chi connectivity index (χ1v) is 4.47. The van der Waals surface area contributed by atoms with Crippen molar-refractivity contribution in [3.8, 4) is 0 Å². The fourth-order valence-electron chi connectivity index (χ4n) is 2.90. The zero-order valence-electron chi connectivity index (χ0n) is 6.67. The Morgan fingerprint density at radius 1 is 1.73 bits per heavy atom. The van der Waals surface area contributed by atoms with E-state index in [4.69, 9.17) is 4.74 Å². The van der Waals surface area contributed by atoms with Crippen LogP contribution in [0.3, 0.4) is 0 Å². The topological polar surface area (TPSA) is 29.6 Å². The lowest BCUT2D eigenvalue weighted by atomic mass is 9.74. The monoisotopic (exact) mass is 152 g/mol. The van der Waals surface area contributed by atoms with Gasteiger partial charge in [0.05, 0.1) is 17.6 Å². The largest absolute Gasteiger partial charge is 0.365 e. The van der Waals surface area contributed by atoms with E-state index in [1.54, 1.807) is 0 Å². The molecule has 11 heavy (non-hydrogen) atoms. The predicted molar refractivity (Wildman–Crippen MR) is 39.1 cm³/mol. The minimum atomic E-state index is 0.168. The molecule has 0 N–H and O–H groups in total. The van der Waals surface area contributed by atoms with Crippen LogP contribution in [0, 0.1) is 11.8 Å². The molecule has 1 heterocycles. The van der Waals surface area contributed by atoms with Crippen molar-refractivity contribution in [2.75, 3.05) is 0 Å². The molecule has 4 atom stereocenters. The Morgan fingerprint density at radius 3 is 3.09 bits per heavy atom. The maximum Gasteiger partial charge on any atom is 0.139 e. The maximum absolute atomic E-state index is 11.1. The van der Waals surface area contributed by atoms with Crippen LogP contribution in [-0.2, 0) is 9.53 Å². The molecule has 0 aromatic carbocycles. The third kappa shape index (κ3) is 0.527. The second kappa shape index (κ2) is 1.53. The van der Waals surface area contributed by atoms with Gasteiger partial charge in [-0.3, -0.25) is 4.79 Å². The quantitative estimate of drug-likeness (QED) is 0.527. The molecule has 60 valence electrons. The fourth-order valence-corrected chi connectivity index (χ4v) is 2.90. The average molecular weight is 152 g/mol. The number of carbonyl (C=O) groups excluding carboxylic acids is 1. The normalized spacial score (nSPS) is 58.3. The first kappa shape index (κ1) is 6.18. The van der Waals surface area contributed by atoms with Crippen LogP contribution in [0.2, 0.25) is 0 Å². The molecule has 0 amide bonds. The van der Waals surface area contributed by atoms with E-state index in [2.05, 4.69) is 6.92 Å². The first-order valence-electron chi connectivity index (χ1n) is 4.47. The third-order valence-corrected chi connectivity index (χ3v) is 3.70. The fraction of sp³-hybridized carbons (Fsp3) is 0.889. The number of Topliss-reactive ketones (excluding diaryl/α,β-unsaturated/α-hetero) is 1. The number of ketones is 1. The average Bonchev–Trinajstić information content (AvgIpc) is 2.58. The second-order valence-electron chi connectivity index (χ2n) is 4.12. The van der Waals surface area contributed by atoms with Crippen molar-refractivity contribution in [2.24, 2.45) is 11.8 Å². The van der Waals surface area contributed by atoms with Gasteiger partial charge in [-0.2, -0.15) is 0 Å². The highest BCUT2D eigenvalue weighted by Crippen LogP contribution is 2.62. The Morgan fingerprint density at radius 2 is 2.55 bits per heavy atom. The van der Waals surface area contributed by atoms with Gasteiger partial charge < -0.3 is 4.74 Å². The van der Waals surface area contributed by atoms with Gasteiger partial charge in [-0.25, -0.2) is 0 Å². The number of hydrogen-bond donors (Lipinski definition) is 0. The summed E-state index contributed by atoms with van der Waals surface area (Å²) in [6.07, 6.45) is 3.42. The molecule has 0 aromatic rings. The molecule has 2 unspecified atom stereocenters. The predicted octanol–water partition coefficient (Wildman–Crippen LogP) is 1.14. The molecule has 3 rings (SSSR count). The Kier molecular flexibility index (Phi) is 0.861. The van der Waals surface area contributed by atoms with Crippen molar-refractivity contribution in [3.63, 3.8) is 0 Å². The molecule has 0 bridgehead atoms. The van der Waals surface area contributed by atoms with E-state index in [9.17, 15) is 4.79 Å². The third-order valence-electron chi connectivity index (χ3n) is 3.70. The second-order valence-corrected chi connectivity index (χ2v) is 4.12. The van der Waals surface area contributed by atoms with E-state index in [1.165, 1.54) is 0 Å². The van der Waals surface area contributed by atoms with E-state index in [-0.39, 0.29) is 5.60 Å². The molecule has 2 aliphatic carbocycles. The Labute approximate surface area is 65.9 Å². The molecule has 3 fully saturated rings. The van der Waals surface area contributed by atoms with Crippen LogP contribution in [-0.4, -0.2) is 17.5 Å². The van der Waals surface area contributed by atoms with Crippen LogP contribution >= 0.6 is 0 Å². The van der Waals surface area contributed by atoms with Gasteiger partial charge in [0.25, 0.3) is 0 Å². The smallest absolute Gasteiger partial charge is 0.139 e. The van der Waals surface area contributed by atoms with Crippen LogP contribution < -0.4 is 0 Å². The van der Waals surface area contributed by atoms with E-state index in [0.717, 1.165) is 19.3 Å². The lowest BCUT2D eigenvalue weighted by molar-refractivity contribution is -0.135. The number of ether oxygens (including phenoxy) is 1. The molecule has 3 aliphatic rings. The van der Waals surface area contributed by atoms with Crippen molar-refractivity contribution in [2.45, 2.75) is 37.9 Å². The Balaban J connectivity index is 1.88. The number of fused-ring (bicyclic) bond motifs is 3. The van der Waals surface area contributed by atoms with Gasteiger partial charge in [-0.1, -0.05) is 6.92 Å². The maximum atomic E-state index is 11.1. The zero-order chi connectivity index (χ0) is 7.64. The number of epoxide rings is 1. The molecular weight excluding hydrogens is 140 g/mol. The summed E-state index contributed by atoms with van der Waals surface area (Å²) in [5.41, 5.74) is 0.168. The molecule has 2 saturated carbocycles. The van der Waals surface area contributed by atoms with E-state index in [0.29, 0.717) is 23.7 Å². The molecule has 1 aliphatic heterocycles. The van der Waals surface area contributed by atoms with Gasteiger partial charge in [-0.15, -0.1) is 0 Å². The molecule has 1 saturated heterocycles. The van der Waals surface area contributed by atoms with Crippen molar-refractivity contribution < 1.29 is 9.53 Å². The van der Waals surface area contributed by atoms with Crippen molar-refractivity contribution >= 4 is 5.78 Å². The lowest BCUT2D eigenvalue weighted by Crippen LogP contribution is -2.37. The van der Waals surface area contributed by atoms with Crippen molar-refractivity contribution in [1.29, 1.82) is 0 Å². The standard InChI is InChI=1S/C9H12O2/c1-2-9-4-5-3-6(10)7(5)8(9)11-9/h5,7-8H,2-4H2,1H3/t5-,7+,8?,9?/m0/s1.